The zero-order valence-corrected chi connectivity index (χ0v) is 10.2. The van der Waals surface area contributed by atoms with Gasteiger partial charge in [0.15, 0.2) is 5.60 Å². The number of halogens is 1. The van der Waals surface area contributed by atoms with Crippen molar-refractivity contribution in [2.24, 2.45) is 0 Å². The summed E-state index contributed by atoms with van der Waals surface area (Å²) in [6, 6.07) is 5.89. The predicted octanol–water partition coefficient (Wildman–Crippen LogP) is 3.55. The number of hydrogen-bond acceptors (Lipinski definition) is 1. The predicted molar refractivity (Wildman–Crippen MR) is 62.4 cm³/mol. The van der Waals surface area contributed by atoms with Gasteiger partial charge in [-0.3, -0.25) is 0 Å². The summed E-state index contributed by atoms with van der Waals surface area (Å²) in [5, 5.41) is 0. The Morgan fingerprint density at radius 2 is 2.07 bits per heavy atom. The average Bonchev–Trinajstić information content (AvgIpc) is 2.11. The summed E-state index contributed by atoms with van der Waals surface area (Å²) in [5.74, 6) is 3.42. The van der Waals surface area contributed by atoms with Gasteiger partial charge in [-0.2, -0.15) is 0 Å². The largest absolute Gasteiger partial charge is 0.475 e. The van der Waals surface area contributed by atoms with E-state index in [9.17, 15) is 0 Å². The van der Waals surface area contributed by atoms with E-state index in [4.69, 9.17) is 11.2 Å². The molecule has 1 aromatic carbocycles. The van der Waals surface area contributed by atoms with Gasteiger partial charge in [-0.05, 0) is 38.5 Å². The first-order valence-electron chi connectivity index (χ1n) is 4.37. The van der Waals surface area contributed by atoms with Crippen molar-refractivity contribution in [2.45, 2.75) is 26.4 Å². The molecule has 0 N–H and O–H groups in total. The number of terminal acetylenes is 1. The molecule has 0 aliphatic carbocycles. The maximum absolute atomic E-state index is 5.70. The summed E-state index contributed by atoms with van der Waals surface area (Å²) < 4.78 is 6.69. The second kappa shape index (κ2) is 4.06. The van der Waals surface area contributed by atoms with Gasteiger partial charge in [0.2, 0.25) is 0 Å². The molecule has 14 heavy (non-hydrogen) atoms. The number of ether oxygens (including phenoxy) is 1. The van der Waals surface area contributed by atoms with Crippen LogP contribution in [0.4, 0.5) is 0 Å². The topological polar surface area (TPSA) is 9.23 Å². The fourth-order valence-corrected chi connectivity index (χ4v) is 1.33. The third kappa shape index (κ3) is 2.78. The van der Waals surface area contributed by atoms with Crippen molar-refractivity contribution in [3.8, 4) is 18.1 Å². The van der Waals surface area contributed by atoms with Crippen molar-refractivity contribution in [3.63, 3.8) is 0 Å². The van der Waals surface area contributed by atoms with Gasteiger partial charge in [0, 0.05) is 4.47 Å². The molecule has 1 rings (SSSR count). The lowest BCUT2D eigenvalue weighted by Gasteiger charge is -2.21. The second-order valence-electron chi connectivity index (χ2n) is 3.67. The van der Waals surface area contributed by atoms with Gasteiger partial charge >= 0.3 is 0 Å². The van der Waals surface area contributed by atoms with E-state index < -0.39 is 5.60 Å². The first-order chi connectivity index (χ1) is 6.44. The lowest BCUT2D eigenvalue weighted by atomic mass is 10.1. The molecule has 0 aliphatic rings. The highest BCUT2D eigenvalue weighted by Gasteiger charge is 2.16. The molecule has 1 aromatic rings. The van der Waals surface area contributed by atoms with Crippen molar-refractivity contribution in [2.75, 3.05) is 0 Å². The van der Waals surface area contributed by atoms with Gasteiger partial charge in [-0.25, -0.2) is 0 Å². The average molecular weight is 253 g/mol. The molecule has 0 spiro atoms. The van der Waals surface area contributed by atoms with Gasteiger partial charge < -0.3 is 4.74 Å². The summed E-state index contributed by atoms with van der Waals surface area (Å²) in [6.45, 7) is 5.73. The molecule has 0 radical (unpaired) electrons. The molecule has 0 heterocycles. The monoisotopic (exact) mass is 252 g/mol. The van der Waals surface area contributed by atoms with Crippen LogP contribution in [0.2, 0.25) is 0 Å². The molecule has 0 amide bonds. The van der Waals surface area contributed by atoms with E-state index in [-0.39, 0.29) is 0 Å². The molecule has 0 unspecified atom stereocenters. The first-order valence-corrected chi connectivity index (χ1v) is 5.17. The normalized spacial score (nSPS) is 10.8. The molecular formula is C12H13BrO. The van der Waals surface area contributed by atoms with Crippen LogP contribution in [0, 0.1) is 19.3 Å². The quantitative estimate of drug-likeness (QED) is 0.732. The van der Waals surface area contributed by atoms with Crippen LogP contribution in [-0.4, -0.2) is 5.60 Å². The lowest BCUT2D eigenvalue weighted by molar-refractivity contribution is 0.171. The maximum atomic E-state index is 5.70. The number of aryl methyl sites for hydroxylation is 1. The van der Waals surface area contributed by atoms with Crippen LogP contribution < -0.4 is 4.74 Å². The Kier molecular flexibility index (Phi) is 3.23. The van der Waals surface area contributed by atoms with Crippen molar-refractivity contribution in [3.05, 3.63) is 28.2 Å². The molecular weight excluding hydrogens is 240 g/mol. The summed E-state index contributed by atoms with van der Waals surface area (Å²) in [6.07, 6.45) is 5.36. The van der Waals surface area contributed by atoms with Gasteiger partial charge in [-0.1, -0.05) is 27.9 Å². The smallest absolute Gasteiger partial charge is 0.163 e. The zero-order valence-electron chi connectivity index (χ0n) is 8.60. The van der Waals surface area contributed by atoms with Crippen LogP contribution in [0.3, 0.4) is 0 Å². The molecule has 0 atom stereocenters. The highest BCUT2D eigenvalue weighted by molar-refractivity contribution is 9.10. The Labute approximate surface area is 93.6 Å². The summed E-state index contributed by atoms with van der Waals surface area (Å²) >= 11 is 3.39. The van der Waals surface area contributed by atoms with E-state index in [1.165, 1.54) is 0 Å². The molecule has 0 saturated heterocycles. The van der Waals surface area contributed by atoms with E-state index in [1.807, 2.05) is 39.0 Å². The molecule has 74 valence electrons. The third-order valence-electron chi connectivity index (χ3n) is 1.86. The molecule has 1 nitrogen and oxygen atoms in total. The Morgan fingerprint density at radius 1 is 1.43 bits per heavy atom. The lowest BCUT2D eigenvalue weighted by Crippen LogP contribution is -2.25. The zero-order chi connectivity index (χ0) is 10.8. The Bertz CT molecular complexity index is 374. The fourth-order valence-electron chi connectivity index (χ4n) is 0.988. The van der Waals surface area contributed by atoms with Crippen molar-refractivity contribution in [1.82, 2.24) is 0 Å². The van der Waals surface area contributed by atoms with Crippen LogP contribution in [0.25, 0.3) is 0 Å². The van der Waals surface area contributed by atoms with Gasteiger partial charge in [0.1, 0.15) is 5.75 Å². The highest BCUT2D eigenvalue weighted by atomic mass is 79.9. The summed E-state index contributed by atoms with van der Waals surface area (Å²) in [7, 11) is 0. The standard InChI is InChI=1S/C12H13BrO/c1-5-12(3,4)14-11-8-10(13)7-6-9(11)2/h1,6-8H,2-4H3. The molecule has 0 saturated carbocycles. The third-order valence-corrected chi connectivity index (χ3v) is 2.36. The molecule has 0 aromatic heterocycles. The summed E-state index contributed by atoms with van der Waals surface area (Å²) in [4.78, 5) is 0. The van der Waals surface area contributed by atoms with Gasteiger partial charge in [0.05, 0.1) is 0 Å². The van der Waals surface area contributed by atoms with Crippen LogP contribution in [0.1, 0.15) is 19.4 Å². The Balaban J connectivity index is 2.98. The van der Waals surface area contributed by atoms with E-state index >= 15 is 0 Å². The van der Waals surface area contributed by atoms with Gasteiger partial charge in [-0.15, -0.1) is 6.42 Å². The van der Waals surface area contributed by atoms with E-state index in [0.29, 0.717) is 0 Å². The Hall–Kier alpha value is -0.940. The van der Waals surface area contributed by atoms with Crippen molar-refractivity contribution < 1.29 is 4.74 Å². The molecule has 0 fully saturated rings. The minimum atomic E-state index is -0.564. The first kappa shape index (κ1) is 11.1. The number of hydrogen-bond donors (Lipinski definition) is 0. The van der Waals surface area contributed by atoms with E-state index in [2.05, 4.69) is 21.9 Å². The minimum Gasteiger partial charge on any atom is -0.475 e. The summed E-state index contributed by atoms with van der Waals surface area (Å²) in [5.41, 5.74) is 0.516. The minimum absolute atomic E-state index is 0.564. The number of rotatable bonds is 2. The number of benzene rings is 1. The Morgan fingerprint density at radius 3 is 2.64 bits per heavy atom. The van der Waals surface area contributed by atoms with Crippen molar-refractivity contribution in [1.29, 1.82) is 0 Å². The highest BCUT2D eigenvalue weighted by Crippen LogP contribution is 2.26. The van der Waals surface area contributed by atoms with Crippen LogP contribution >= 0.6 is 15.9 Å². The molecule has 2 heteroatoms. The van der Waals surface area contributed by atoms with Crippen molar-refractivity contribution >= 4 is 15.9 Å². The molecule has 0 aliphatic heterocycles. The fraction of sp³-hybridized carbons (Fsp3) is 0.333. The SMILES string of the molecule is C#CC(C)(C)Oc1cc(Br)ccc1C. The maximum Gasteiger partial charge on any atom is 0.163 e. The second-order valence-corrected chi connectivity index (χ2v) is 4.58. The van der Waals surface area contributed by atoms with E-state index in [0.717, 1.165) is 15.8 Å². The van der Waals surface area contributed by atoms with E-state index in [1.54, 1.807) is 0 Å². The van der Waals surface area contributed by atoms with Crippen LogP contribution in [0.15, 0.2) is 22.7 Å². The molecule has 0 bridgehead atoms. The van der Waals surface area contributed by atoms with Gasteiger partial charge in [0.25, 0.3) is 0 Å². The van der Waals surface area contributed by atoms with Crippen LogP contribution in [0.5, 0.6) is 5.75 Å². The van der Waals surface area contributed by atoms with Crippen LogP contribution in [-0.2, 0) is 0 Å².